The van der Waals surface area contributed by atoms with Gasteiger partial charge in [0, 0.05) is 6.42 Å². The molecule has 7 heteroatoms. The van der Waals surface area contributed by atoms with Crippen LogP contribution >= 0.6 is 0 Å². The van der Waals surface area contributed by atoms with Gasteiger partial charge in [0.1, 0.15) is 11.6 Å². The van der Waals surface area contributed by atoms with Crippen molar-refractivity contribution in [3.05, 3.63) is 17.7 Å². The molecular formula is C13H14O7. The van der Waals surface area contributed by atoms with Gasteiger partial charge in [0.15, 0.2) is 17.2 Å². The first-order valence-electron chi connectivity index (χ1n) is 5.74. The summed E-state index contributed by atoms with van der Waals surface area (Å²) in [6, 6.07) is 1.85. The first-order chi connectivity index (χ1) is 9.31. The van der Waals surface area contributed by atoms with Crippen LogP contribution in [0.15, 0.2) is 12.1 Å². The van der Waals surface area contributed by atoms with Gasteiger partial charge in [-0.15, -0.1) is 0 Å². The molecule has 0 saturated carbocycles. The lowest BCUT2D eigenvalue weighted by molar-refractivity contribution is -0.126. The van der Waals surface area contributed by atoms with Crippen LogP contribution in [0.5, 0.6) is 17.2 Å². The maximum atomic E-state index is 11.6. The summed E-state index contributed by atoms with van der Waals surface area (Å²) in [5.74, 6) is -3.55. The number of phenolic OH excluding ortho intramolecular Hbond substituents is 3. The fourth-order valence-electron chi connectivity index (χ4n) is 1.43. The molecule has 108 valence electrons. The molecule has 7 nitrogen and oxygen atoms in total. The van der Waals surface area contributed by atoms with Crippen molar-refractivity contribution in [2.75, 3.05) is 6.61 Å². The summed E-state index contributed by atoms with van der Waals surface area (Å²) >= 11 is 0. The van der Waals surface area contributed by atoms with E-state index < -0.39 is 23.2 Å². The second-order valence-electron chi connectivity index (χ2n) is 4.17. The highest BCUT2D eigenvalue weighted by molar-refractivity contribution is 5.98. The maximum Gasteiger partial charge on any atom is 0.338 e. The smallest absolute Gasteiger partial charge is 0.338 e. The third-order valence-corrected chi connectivity index (χ3v) is 2.37. The Hall–Kier alpha value is -2.57. The fourth-order valence-corrected chi connectivity index (χ4v) is 1.43. The Bertz CT molecular complexity index is 525. The minimum absolute atomic E-state index is 0.0959. The molecule has 0 atom stereocenters. The Morgan fingerprint density at radius 1 is 1.10 bits per heavy atom. The van der Waals surface area contributed by atoms with Gasteiger partial charge < -0.3 is 20.1 Å². The van der Waals surface area contributed by atoms with Gasteiger partial charge in [-0.2, -0.15) is 0 Å². The van der Waals surface area contributed by atoms with Crippen molar-refractivity contribution in [1.82, 2.24) is 0 Å². The lowest BCUT2D eigenvalue weighted by Gasteiger charge is -2.06. The minimum Gasteiger partial charge on any atom is -0.504 e. The molecule has 0 radical (unpaired) electrons. The average Bonchev–Trinajstić information content (AvgIpc) is 2.34. The predicted octanol–water partition coefficient (Wildman–Crippen LogP) is 0.898. The van der Waals surface area contributed by atoms with Crippen molar-refractivity contribution in [3.8, 4) is 17.2 Å². The molecule has 0 aliphatic heterocycles. The van der Waals surface area contributed by atoms with Crippen molar-refractivity contribution >= 4 is 17.5 Å². The summed E-state index contributed by atoms with van der Waals surface area (Å²) < 4.78 is 4.76. The topological polar surface area (TPSA) is 121 Å². The van der Waals surface area contributed by atoms with E-state index in [-0.39, 0.29) is 36.6 Å². The number of carbonyl (C=O) groups excluding carboxylic acids is 3. The Balaban J connectivity index is 2.56. The molecule has 0 amide bonds. The number of benzene rings is 1. The first kappa shape index (κ1) is 15.5. The van der Waals surface area contributed by atoms with Crippen molar-refractivity contribution in [2.24, 2.45) is 0 Å². The molecule has 1 rings (SSSR count). The third-order valence-electron chi connectivity index (χ3n) is 2.37. The Morgan fingerprint density at radius 3 is 2.15 bits per heavy atom. The number of ketones is 2. The normalized spacial score (nSPS) is 10.1. The summed E-state index contributed by atoms with van der Waals surface area (Å²) in [5.41, 5.74) is -0.170. The van der Waals surface area contributed by atoms with Crippen LogP contribution in [-0.2, 0) is 14.3 Å². The number of hydrogen-bond donors (Lipinski definition) is 3. The number of phenols is 3. The van der Waals surface area contributed by atoms with E-state index in [2.05, 4.69) is 0 Å². The molecule has 0 spiro atoms. The monoisotopic (exact) mass is 282 g/mol. The van der Waals surface area contributed by atoms with Crippen LogP contribution in [0.25, 0.3) is 0 Å². The van der Waals surface area contributed by atoms with Gasteiger partial charge in [-0.25, -0.2) is 4.79 Å². The molecule has 0 heterocycles. The van der Waals surface area contributed by atoms with Gasteiger partial charge in [-0.3, -0.25) is 9.59 Å². The van der Waals surface area contributed by atoms with Crippen molar-refractivity contribution in [2.45, 2.75) is 19.8 Å². The molecule has 20 heavy (non-hydrogen) atoms. The fraction of sp³-hybridized carbons (Fsp3) is 0.308. The van der Waals surface area contributed by atoms with Crippen molar-refractivity contribution in [1.29, 1.82) is 0 Å². The van der Waals surface area contributed by atoms with Crippen LogP contribution in [0, 0.1) is 0 Å². The van der Waals surface area contributed by atoms with E-state index in [1.807, 2.05) is 0 Å². The molecule has 1 aromatic rings. The van der Waals surface area contributed by atoms with Gasteiger partial charge in [0.2, 0.25) is 0 Å². The second kappa shape index (κ2) is 6.55. The SMILES string of the molecule is CC(=O)CC(=O)CCOC(=O)c1cc(O)c(O)c(O)c1. The predicted molar refractivity (Wildman–Crippen MR) is 66.6 cm³/mol. The Kier molecular flexibility index (Phi) is 5.08. The molecule has 0 aliphatic carbocycles. The van der Waals surface area contributed by atoms with Crippen LogP contribution in [0.2, 0.25) is 0 Å². The van der Waals surface area contributed by atoms with Gasteiger partial charge in [-0.1, -0.05) is 0 Å². The molecule has 0 aromatic heterocycles. The van der Waals surface area contributed by atoms with E-state index in [4.69, 9.17) is 9.84 Å². The molecule has 0 saturated heterocycles. The largest absolute Gasteiger partial charge is 0.504 e. The third kappa shape index (κ3) is 4.27. The van der Waals surface area contributed by atoms with Crippen molar-refractivity contribution in [3.63, 3.8) is 0 Å². The lowest BCUT2D eigenvalue weighted by Crippen LogP contribution is -2.11. The number of Topliss-reactive ketones (excluding diaryl/α,β-unsaturated/α-hetero) is 2. The number of rotatable bonds is 6. The molecule has 3 N–H and O–H groups in total. The molecule has 0 fully saturated rings. The summed E-state index contributed by atoms with van der Waals surface area (Å²) in [6.45, 7) is 1.07. The summed E-state index contributed by atoms with van der Waals surface area (Å²) in [5, 5.41) is 27.6. The average molecular weight is 282 g/mol. The Labute approximate surface area is 114 Å². The standard InChI is InChI=1S/C13H14O7/c1-7(14)4-9(15)2-3-20-13(19)8-5-10(16)12(18)11(17)6-8/h5-6,16-18H,2-4H2,1H3. The van der Waals surface area contributed by atoms with Crippen LogP contribution in [0.4, 0.5) is 0 Å². The molecule has 0 unspecified atom stereocenters. The number of carbonyl (C=O) groups is 3. The molecule has 1 aromatic carbocycles. The van der Waals surface area contributed by atoms with Gasteiger partial charge in [-0.05, 0) is 19.1 Å². The molecular weight excluding hydrogens is 268 g/mol. The molecule has 0 aliphatic rings. The highest BCUT2D eigenvalue weighted by Crippen LogP contribution is 2.35. The van der Waals surface area contributed by atoms with Crippen LogP contribution in [0.1, 0.15) is 30.1 Å². The number of aromatic hydroxyl groups is 3. The van der Waals surface area contributed by atoms with E-state index in [0.29, 0.717) is 0 Å². The summed E-state index contributed by atoms with van der Waals surface area (Å²) in [4.78, 5) is 33.4. The summed E-state index contributed by atoms with van der Waals surface area (Å²) in [7, 11) is 0. The summed E-state index contributed by atoms with van der Waals surface area (Å²) in [6.07, 6.45) is -0.306. The van der Waals surface area contributed by atoms with E-state index in [9.17, 15) is 24.6 Å². The van der Waals surface area contributed by atoms with Crippen LogP contribution < -0.4 is 0 Å². The van der Waals surface area contributed by atoms with Gasteiger partial charge in [0.05, 0.1) is 18.6 Å². The zero-order chi connectivity index (χ0) is 15.3. The zero-order valence-electron chi connectivity index (χ0n) is 10.8. The quantitative estimate of drug-likeness (QED) is 0.402. The van der Waals surface area contributed by atoms with Crippen LogP contribution in [0.3, 0.4) is 0 Å². The number of esters is 1. The zero-order valence-corrected chi connectivity index (χ0v) is 10.8. The highest BCUT2D eigenvalue weighted by Gasteiger charge is 2.15. The maximum absolute atomic E-state index is 11.6. The van der Waals surface area contributed by atoms with E-state index in [0.717, 1.165) is 12.1 Å². The van der Waals surface area contributed by atoms with E-state index >= 15 is 0 Å². The van der Waals surface area contributed by atoms with Crippen LogP contribution in [-0.4, -0.2) is 39.5 Å². The van der Waals surface area contributed by atoms with E-state index in [1.165, 1.54) is 6.92 Å². The lowest BCUT2D eigenvalue weighted by atomic mass is 10.1. The van der Waals surface area contributed by atoms with Crippen molar-refractivity contribution < 1.29 is 34.4 Å². The van der Waals surface area contributed by atoms with Gasteiger partial charge >= 0.3 is 5.97 Å². The van der Waals surface area contributed by atoms with E-state index in [1.54, 1.807) is 0 Å². The van der Waals surface area contributed by atoms with Gasteiger partial charge in [0.25, 0.3) is 0 Å². The minimum atomic E-state index is -0.869. The highest BCUT2D eigenvalue weighted by atomic mass is 16.5. The second-order valence-corrected chi connectivity index (χ2v) is 4.17. The number of hydrogen-bond acceptors (Lipinski definition) is 7. The number of ether oxygens (including phenoxy) is 1. The Morgan fingerprint density at radius 2 is 1.65 bits per heavy atom. The first-order valence-corrected chi connectivity index (χ1v) is 5.74. The molecule has 0 bridgehead atoms.